The van der Waals surface area contributed by atoms with Crippen LogP contribution in [-0.2, 0) is 17.9 Å². The summed E-state index contributed by atoms with van der Waals surface area (Å²) >= 11 is 0. The van der Waals surface area contributed by atoms with Crippen LogP contribution < -0.4 is 4.90 Å². The zero-order valence-corrected chi connectivity index (χ0v) is 14.4. The number of piperazine rings is 1. The van der Waals surface area contributed by atoms with Gasteiger partial charge in [0.25, 0.3) is 0 Å². The van der Waals surface area contributed by atoms with Crippen LogP contribution in [0.5, 0.6) is 0 Å². The summed E-state index contributed by atoms with van der Waals surface area (Å²) in [6.45, 7) is 6.62. The molecular weight excluding hydrogens is 322 g/mol. The molecule has 1 aliphatic rings. The molecule has 0 amide bonds. The Kier molecular flexibility index (Phi) is 4.37. The Morgan fingerprint density at radius 2 is 2.08 bits per heavy atom. The molecule has 1 fully saturated rings. The Balaban J connectivity index is 1.40. The van der Waals surface area contributed by atoms with Crippen LogP contribution in [0.4, 0.5) is 5.82 Å². The standard InChI is InChI=1S/C17H21N5O3/c1-12-9-13-14(24-12)3-4-18-17(13)22-7-5-21(6-8-22)10-16-19-15(11-23-2)20-25-16/h3-4,9H,5-8,10-11H2,1-2H3. The van der Waals surface area contributed by atoms with Crippen LogP contribution in [0.25, 0.3) is 11.0 Å². The lowest BCUT2D eigenvalue weighted by molar-refractivity contribution is 0.174. The van der Waals surface area contributed by atoms with E-state index in [1.807, 2.05) is 19.2 Å². The predicted octanol–water partition coefficient (Wildman–Crippen LogP) is 1.99. The molecule has 132 valence electrons. The smallest absolute Gasteiger partial charge is 0.240 e. The lowest BCUT2D eigenvalue weighted by atomic mass is 10.2. The molecule has 0 bridgehead atoms. The van der Waals surface area contributed by atoms with Crippen LogP contribution in [-0.4, -0.2) is 53.3 Å². The fraction of sp³-hybridized carbons (Fsp3) is 0.471. The number of nitrogens with zero attached hydrogens (tertiary/aromatic N) is 5. The number of aryl methyl sites for hydroxylation is 1. The maximum absolute atomic E-state index is 5.71. The van der Waals surface area contributed by atoms with Gasteiger partial charge >= 0.3 is 0 Å². The maximum atomic E-state index is 5.71. The summed E-state index contributed by atoms with van der Waals surface area (Å²) in [5.74, 6) is 3.12. The summed E-state index contributed by atoms with van der Waals surface area (Å²) in [7, 11) is 1.62. The molecule has 0 unspecified atom stereocenters. The Morgan fingerprint density at radius 1 is 1.24 bits per heavy atom. The lowest BCUT2D eigenvalue weighted by Gasteiger charge is -2.34. The van der Waals surface area contributed by atoms with E-state index in [2.05, 4.69) is 31.0 Å². The van der Waals surface area contributed by atoms with Crippen molar-refractivity contribution in [2.45, 2.75) is 20.1 Å². The molecule has 8 nitrogen and oxygen atoms in total. The quantitative estimate of drug-likeness (QED) is 0.696. The Hall–Kier alpha value is -2.45. The number of pyridine rings is 1. The van der Waals surface area contributed by atoms with Crippen molar-refractivity contribution in [3.63, 3.8) is 0 Å². The van der Waals surface area contributed by atoms with Gasteiger partial charge in [0.15, 0.2) is 5.82 Å². The summed E-state index contributed by atoms with van der Waals surface area (Å²) in [6.07, 6.45) is 1.81. The van der Waals surface area contributed by atoms with Crippen molar-refractivity contribution >= 4 is 16.8 Å². The molecule has 3 aromatic rings. The molecule has 0 N–H and O–H groups in total. The summed E-state index contributed by atoms with van der Waals surface area (Å²) in [6, 6.07) is 3.97. The van der Waals surface area contributed by atoms with Gasteiger partial charge in [-0.25, -0.2) is 4.98 Å². The van der Waals surface area contributed by atoms with Gasteiger partial charge in [0.1, 0.15) is 23.8 Å². The molecule has 8 heteroatoms. The average Bonchev–Trinajstić information content (AvgIpc) is 3.21. The number of ether oxygens (including phenoxy) is 1. The van der Waals surface area contributed by atoms with Crippen LogP contribution in [0.15, 0.2) is 27.3 Å². The van der Waals surface area contributed by atoms with Crippen molar-refractivity contribution in [3.05, 3.63) is 35.8 Å². The minimum atomic E-state index is 0.372. The van der Waals surface area contributed by atoms with Crippen LogP contribution in [0.1, 0.15) is 17.5 Å². The molecule has 0 spiro atoms. The summed E-state index contributed by atoms with van der Waals surface area (Å²) in [5.41, 5.74) is 0.890. The first kappa shape index (κ1) is 16.0. The van der Waals surface area contributed by atoms with E-state index < -0.39 is 0 Å². The molecule has 3 aromatic heterocycles. The molecule has 4 rings (SSSR count). The molecule has 4 heterocycles. The highest BCUT2D eigenvalue weighted by Gasteiger charge is 2.22. The highest BCUT2D eigenvalue weighted by Crippen LogP contribution is 2.28. The van der Waals surface area contributed by atoms with Gasteiger partial charge in [-0.3, -0.25) is 4.90 Å². The van der Waals surface area contributed by atoms with E-state index in [0.717, 1.165) is 48.7 Å². The molecule has 25 heavy (non-hydrogen) atoms. The van der Waals surface area contributed by atoms with Crippen LogP contribution in [0, 0.1) is 6.92 Å². The first-order valence-corrected chi connectivity index (χ1v) is 8.36. The van der Waals surface area contributed by atoms with E-state index in [0.29, 0.717) is 24.9 Å². The number of anilines is 1. The zero-order chi connectivity index (χ0) is 17.2. The first-order chi connectivity index (χ1) is 12.2. The van der Waals surface area contributed by atoms with Crippen molar-refractivity contribution in [1.82, 2.24) is 20.0 Å². The number of rotatable bonds is 5. The molecule has 0 aliphatic carbocycles. The van der Waals surface area contributed by atoms with E-state index in [1.165, 1.54) is 0 Å². The number of hydrogen-bond donors (Lipinski definition) is 0. The van der Waals surface area contributed by atoms with Gasteiger partial charge in [-0.1, -0.05) is 5.16 Å². The highest BCUT2D eigenvalue weighted by atomic mass is 16.5. The fourth-order valence-corrected chi connectivity index (χ4v) is 3.18. The van der Waals surface area contributed by atoms with E-state index in [-0.39, 0.29) is 0 Å². The second-order valence-corrected chi connectivity index (χ2v) is 6.20. The summed E-state index contributed by atoms with van der Waals surface area (Å²) in [4.78, 5) is 13.5. The number of aromatic nitrogens is 3. The van der Waals surface area contributed by atoms with Crippen molar-refractivity contribution in [2.75, 3.05) is 38.2 Å². The minimum absolute atomic E-state index is 0.372. The fourth-order valence-electron chi connectivity index (χ4n) is 3.18. The first-order valence-electron chi connectivity index (χ1n) is 8.36. The maximum Gasteiger partial charge on any atom is 0.240 e. The van der Waals surface area contributed by atoms with E-state index in [4.69, 9.17) is 13.7 Å². The molecular formula is C17H21N5O3. The minimum Gasteiger partial charge on any atom is -0.461 e. The molecule has 0 atom stereocenters. The van der Waals surface area contributed by atoms with Crippen molar-refractivity contribution < 1.29 is 13.7 Å². The molecule has 0 aromatic carbocycles. The van der Waals surface area contributed by atoms with Crippen LogP contribution >= 0.6 is 0 Å². The van der Waals surface area contributed by atoms with E-state index in [9.17, 15) is 0 Å². The van der Waals surface area contributed by atoms with Gasteiger partial charge in [0.2, 0.25) is 5.89 Å². The van der Waals surface area contributed by atoms with E-state index in [1.54, 1.807) is 7.11 Å². The zero-order valence-electron chi connectivity index (χ0n) is 14.4. The van der Waals surface area contributed by atoms with E-state index >= 15 is 0 Å². The monoisotopic (exact) mass is 343 g/mol. The number of furan rings is 1. The third kappa shape index (κ3) is 3.35. The van der Waals surface area contributed by atoms with Gasteiger partial charge in [0, 0.05) is 39.5 Å². The topological polar surface area (TPSA) is 80.7 Å². The Morgan fingerprint density at radius 3 is 2.88 bits per heavy atom. The number of hydrogen-bond acceptors (Lipinski definition) is 8. The highest BCUT2D eigenvalue weighted by molar-refractivity contribution is 5.89. The van der Waals surface area contributed by atoms with Crippen molar-refractivity contribution in [3.8, 4) is 0 Å². The van der Waals surface area contributed by atoms with Gasteiger partial charge in [-0.05, 0) is 19.1 Å². The normalized spacial score (nSPS) is 16.0. The number of methoxy groups -OCH3 is 1. The Labute approximate surface area is 145 Å². The molecule has 0 radical (unpaired) electrons. The van der Waals surface area contributed by atoms with Crippen molar-refractivity contribution in [2.24, 2.45) is 0 Å². The van der Waals surface area contributed by atoms with Gasteiger partial charge in [0.05, 0.1) is 11.9 Å². The lowest BCUT2D eigenvalue weighted by Crippen LogP contribution is -2.46. The third-order valence-corrected chi connectivity index (χ3v) is 4.36. The SMILES string of the molecule is COCc1noc(CN2CCN(c3nccc4oc(C)cc34)CC2)n1. The molecule has 0 saturated carbocycles. The average molecular weight is 343 g/mol. The molecule has 1 aliphatic heterocycles. The summed E-state index contributed by atoms with van der Waals surface area (Å²) < 4.78 is 16.0. The predicted molar refractivity (Wildman–Crippen MR) is 91.2 cm³/mol. The van der Waals surface area contributed by atoms with Crippen LogP contribution in [0.3, 0.4) is 0 Å². The van der Waals surface area contributed by atoms with Crippen molar-refractivity contribution in [1.29, 1.82) is 0 Å². The third-order valence-electron chi connectivity index (χ3n) is 4.36. The second kappa shape index (κ2) is 6.81. The molecule has 1 saturated heterocycles. The Bertz CT molecular complexity index is 851. The number of fused-ring (bicyclic) bond motifs is 1. The largest absolute Gasteiger partial charge is 0.461 e. The van der Waals surface area contributed by atoms with Gasteiger partial charge in [-0.2, -0.15) is 4.98 Å². The summed E-state index contributed by atoms with van der Waals surface area (Å²) in [5, 5.41) is 4.98. The van der Waals surface area contributed by atoms with Gasteiger partial charge in [-0.15, -0.1) is 0 Å². The van der Waals surface area contributed by atoms with Crippen LogP contribution in [0.2, 0.25) is 0 Å². The van der Waals surface area contributed by atoms with Gasteiger partial charge < -0.3 is 18.6 Å². The second-order valence-electron chi connectivity index (χ2n) is 6.20.